The van der Waals surface area contributed by atoms with Crippen LogP contribution in [0.1, 0.15) is 6.42 Å². The summed E-state index contributed by atoms with van der Waals surface area (Å²) in [7, 11) is 0. The van der Waals surface area contributed by atoms with Gasteiger partial charge in [-0.1, -0.05) is 0 Å². The molecule has 0 bridgehead atoms. The summed E-state index contributed by atoms with van der Waals surface area (Å²) in [6, 6.07) is 0. The zero-order valence-corrected chi connectivity index (χ0v) is 6.98. The topological polar surface area (TPSA) is 0 Å². The van der Waals surface area contributed by atoms with Crippen LogP contribution in [-0.4, -0.2) is 0 Å². The molecule has 0 aromatic rings. The first-order valence-electron chi connectivity index (χ1n) is 1.32. The van der Waals surface area contributed by atoms with Gasteiger partial charge in [0.15, 0.2) is 0 Å². The second-order valence-corrected chi connectivity index (χ2v) is 0.577. The summed E-state index contributed by atoms with van der Waals surface area (Å²) in [5.74, 6) is 0. The third-order valence-corrected chi connectivity index (χ3v) is 0.204. The molecule has 0 aliphatic carbocycles. The fourth-order valence-corrected chi connectivity index (χ4v) is 0. The summed E-state index contributed by atoms with van der Waals surface area (Å²) in [4.78, 5) is 0. The molecule has 0 spiro atoms. The third-order valence-electron chi connectivity index (χ3n) is 0.204. The first kappa shape index (κ1) is 9.44. The van der Waals surface area contributed by atoms with Crippen LogP contribution in [0.25, 0.3) is 0 Å². The summed E-state index contributed by atoms with van der Waals surface area (Å²) in [6.45, 7) is 6.90. The molecule has 0 N–H and O–H groups in total. The average Bonchev–Trinajstić information content (AvgIpc) is 1.37. The molecule has 0 unspecified atom stereocenters. The molecule has 0 nitrogen and oxygen atoms in total. The van der Waals surface area contributed by atoms with Crippen molar-refractivity contribution >= 4 is 0 Å². The molecule has 0 saturated heterocycles. The number of hydrogen-bond donors (Lipinski definition) is 0. The maximum atomic E-state index is 3.49. The van der Waals surface area contributed by atoms with E-state index in [9.17, 15) is 0 Å². The Balaban J connectivity index is 0. The normalized spacial score (nSPS) is 5.00. The molecule has 0 aromatic carbocycles. The number of rotatable bonds is 1. The quantitative estimate of drug-likeness (QED) is 0.439. The predicted molar refractivity (Wildman–Crippen MR) is 20.2 cm³/mol. The van der Waals surface area contributed by atoms with E-state index in [0.717, 1.165) is 6.42 Å². The molecular formula is C4H7Pr+2. The van der Waals surface area contributed by atoms with Crippen LogP contribution in [0.3, 0.4) is 0 Å². The van der Waals surface area contributed by atoms with Gasteiger partial charge in [0.2, 0.25) is 0 Å². The molecule has 0 aliphatic rings. The monoisotopic (exact) mass is 196 g/mol. The van der Waals surface area contributed by atoms with Crippen molar-refractivity contribution in [3.63, 3.8) is 0 Å². The molecule has 24 valence electrons. The Morgan fingerprint density at radius 3 is 2.00 bits per heavy atom. The molecule has 0 aliphatic heterocycles. The third kappa shape index (κ3) is 11.1. The van der Waals surface area contributed by atoms with Gasteiger partial charge in [-0.25, -0.2) is 0 Å². The summed E-state index contributed by atoms with van der Waals surface area (Å²) < 4.78 is 0. The first-order valence-corrected chi connectivity index (χ1v) is 1.32. The van der Waals surface area contributed by atoms with E-state index >= 15 is 0 Å². The van der Waals surface area contributed by atoms with Crippen LogP contribution in [0.2, 0.25) is 0 Å². The molecule has 5 heavy (non-hydrogen) atoms. The van der Waals surface area contributed by atoms with Gasteiger partial charge in [-0.15, -0.1) is 12.7 Å². The molecule has 0 saturated carbocycles. The molecule has 0 fully saturated rings. The molecule has 0 amide bonds. The maximum Gasteiger partial charge on any atom is 3.00 e. The predicted octanol–water partition coefficient (Wildman–Crippen LogP) is 1.40. The van der Waals surface area contributed by atoms with Crippen LogP contribution in [0.4, 0.5) is 0 Å². The van der Waals surface area contributed by atoms with Gasteiger partial charge < -0.3 is 6.92 Å². The van der Waals surface area contributed by atoms with Gasteiger partial charge in [-0.3, -0.25) is 0 Å². The Labute approximate surface area is 66.6 Å². The average molecular weight is 196 g/mol. The van der Waals surface area contributed by atoms with E-state index in [1.54, 1.807) is 6.08 Å². The zero-order chi connectivity index (χ0) is 3.41. The van der Waals surface area contributed by atoms with Crippen LogP contribution in [0.5, 0.6) is 0 Å². The van der Waals surface area contributed by atoms with Crippen molar-refractivity contribution in [3.8, 4) is 0 Å². The van der Waals surface area contributed by atoms with Crippen LogP contribution < -0.4 is 0 Å². The zero-order valence-electron chi connectivity index (χ0n) is 3.28. The smallest absolute Gasteiger partial charge is 0.340 e. The largest absolute Gasteiger partial charge is 3.00 e. The van der Waals surface area contributed by atoms with E-state index < -0.39 is 0 Å². The van der Waals surface area contributed by atoms with Crippen LogP contribution in [0, 0.1) is 48.2 Å². The fourth-order valence-electron chi connectivity index (χ4n) is 0. The molecule has 0 rings (SSSR count). The second-order valence-electron chi connectivity index (χ2n) is 0.577. The Kier molecular flexibility index (Phi) is 16.8. The molecule has 0 aromatic heterocycles. The van der Waals surface area contributed by atoms with Crippen molar-refractivity contribution in [3.05, 3.63) is 19.6 Å². The van der Waals surface area contributed by atoms with Gasteiger partial charge in [0, 0.05) is 0 Å². The standard InChI is InChI=1S/C4H7.Pr/c1-3-4-2;/h3H,1-2,4H2;/q-1;+3. The Hall–Kier alpha value is 1.10. The summed E-state index contributed by atoms with van der Waals surface area (Å²) in [5, 5.41) is 0. The summed E-state index contributed by atoms with van der Waals surface area (Å²) in [6.07, 6.45) is 2.60. The van der Waals surface area contributed by atoms with E-state index in [1.807, 2.05) is 0 Å². The van der Waals surface area contributed by atoms with E-state index in [4.69, 9.17) is 0 Å². The summed E-state index contributed by atoms with van der Waals surface area (Å²) in [5.41, 5.74) is 0. The van der Waals surface area contributed by atoms with Crippen molar-refractivity contribution in [2.75, 3.05) is 0 Å². The second kappa shape index (κ2) is 8.92. The fraction of sp³-hybridized carbons (Fsp3) is 0.250. The molecule has 0 atom stereocenters. The van der Waals surface area contributed by atoms with Crippen LogP contribution in [-0.2, 0) is 0 Å². The Bertz CT molecular complexity index is 17.6. The van der Waals surface area contributed by atoms with E-state index in [2.05, 4.69) is 13.5 Å². The Morgan fingerprint density at radius 2 is 2.00 bits per heavy atom. The number of allylic oxidation sites excluding steroid dienone is 1. The van der Waals surface area contributed by atoms with Gasteiger partial charge >= 0.3 is 41.3 Å². The van der Waals surface area contributed by atoms with E-state index in [-0.39, 0.29) is 41.3 Å². The van der Waals surface area contributed by atoms with E-state index in [1.165, 1.54) is 0 Å². The van der Waals surface area contributed by atoms with Gasteiger partial charge in [0.1, 0.15) is 0 Å². The minimum absolute atomic E-state index is 0. The van der Waals surface area contributed by atoms with Gasteiger partial charge in [-0.2, -0.15) is 6.42 Å². The molecule has 0 radical (unpaired) electrons. The SMILES string of the molecule is C=CC[CH2-].[Pr+3]. The summed E-state index contributed by atoms with van der Waals surface area (Å²) >= 11 is 0. The van der Waals surface area contributed by atoms with E-state index in [0.29, 0.717) is 0 Å². The van der Waals surface area contributed by atoms with Gasteiger partial charge in [0.05, 0.1) is 0 Å². The number of hydrogen-bond acceptors (Lipinski definition) is 0. The van der Waals surface area contributed by atoms with Gasteiger partial charge in [-0.05, 0) is 0 Å². The molecular weight excluding hydrogens is 189 g/mol. The van der Waals surface area contributed by atoms with Crippen molar-refractivity contribution in [2.24, 2.45) is 0 Å². The molecule has 1 heteroatoms. The maximum absolute atomic E-state index is 3.49. The van der Waals surface area contributed by atoms with Crippen molar-refractivity contribution in [2.45, 2.75) is 6.42 Å². The first-order chi connectivity index (χ1) is 1.91. The van der Waals surface area contributed by atoms with Gasteiger partial charge in [0.25, 0.3) is 0 Å². The van der Waals surface area contributed by atoms with Crippen molar-refractivity contribution in [1.29, 1.82) is 0 Å². The van der Waals surface area contributed by atoms with Crippen LogP contribution >= 0.6 is 0 Å². The van der Waals surface area contributed by atoms with Crippen molar-refractivity contribution in [1.82, 2.24) is 0 Å². The van der Waals surface area contributed by atoms with Crippen LogP contribution in [0.15, 0.2) is 12.7 Å². The van der Waals surface area contributed by atoms with Crippen molar-refractivity contribution < 1.29 is 41.3 Å². The minimum Gasteiger partial charge on any atom is -0.340 e. The molecule has 0 heterocycles. The Morgan fingerprint density at radius 1 is 1.80 bits per heavy atom. The minimum atomic E-state index is 0.